The Morgan fingerprint density at radius 1 is 1.44 bits per heavy atom. The lowest BCUT2D eigenvalue weighted by Crippen LogP contribution is -2.07. The molecule has 0 aliphatic rings. The number of hydrogen-bond donors (Lipinski definition) is 0. The van der Waals surface area contributed by atoms with E-state index in [1.54, 1.807) is 0 Å². The van der Waals surface area contributed by atoms with Gasteiger partial charge in [0.2, 0.25) is 0 Å². The third kappa shape index (κ3) is 2.83. The number of halogens is 3. The number of rotatable bonds is 3. The zero-order valence-corrected chi connectivity index (χ0v) is 9.15. The minimum Gasteiger partial charge on any atom is -0.496 e. The monoisotopic (exact) mass is 247 g/mol. The quantitative estimate of drug-likeness (QED) is 0.597. The smallest absolute Gasteiger partial charge is 0.417 e. The standard InChI is InChI=1S/C10H8F3NOS/c1-14-6-16-9-7(10(11,12)13)4-3-5-8(9)15-2/h3-5H,6H2,2H3. The Bertz CT molecular complexity index is 412. The molecule has 0 atom stereocenters. The van der Waals surface area contributed by atoms with Crippen LogP contribution in [0.4, 0.5) is 13.2 Å². The van der Waals surface area contributed by atoms with Crippen molar-refractivity contribution in [1.29, 1.82) is 0 Å². The first-order valence-electron chi connectivity index (χ1n) is 4.21. The molecule has 0 unspecified atom stereocenters. The van der Waals surface area contributed by atoms with Crippen LogP contribution < -0.4 is 4.74 Å². The highest BCUT2D eigenvalue weighted by Gasteiger charge is 2.35. The molecule has 0 bridgehead atoms. The topological polar surface area (TPSA) is 13.6 Å². The average molecular weight is 247 g/mol. The highest BCUT2D eigenvalue weighted by molar-refractivity contribution is 7.99. The molecule has 0 heterocycles. The molecule has 0 aliphatic carbocycles. The minimum atomic E-state index is -4.43. The molecule has 2 nitrogen and oxygen atoms in total. The number of hydrogen-bond acceptors (Lipinski definition) is 2. The van der Waals surface area contributed by atoms with E-state index in [-0.39, 0.29) is 16.5 Å². The Morgan fingerprint density at radius 3 is 2.62 bits per heavy atom. The molecule has 0 amide bonds. The van der Waals surface area contributed by atoms with Gasteiger partial charge < -0.3 is 9.58 Å². The number of thioether (sulfide) groups is 1. The molecule has 0 aliphatic heterocycles. The molecular weight excluding hydrogens is 239 g/mol. The Morgan fingerprint density at radius 2 is 2.12 bits per heavy atom. The van der Waals surface area contributed by atoms with E-state index in [2.05, 4.69) is 4.85 Å². The van der Waals surface area contributed by atoms with Crippen molar-refractivity contribution in [2.45, 2.75) is 11.1 Å². The third-order valence-corrected chi connectivity index (χ3v) is 2.75. The summed E-state index contributed by atoms with van der Waals surface area (Å²) in [5.41, 5.74) is -0.763. The van der Waals surface area contributed by atoms with Crippen LogP contribution in [0.15, 0.2) is 23.1 Å². The average Bonchev–Trinajstić information content (AvgIpc) is 2.24. The number of ether oxygens (including phenoxy) is 1. The molecule has 0 spiro atoms. The van der Waals surface area contributed by atoms with Crippen LogP contribution >= 0.6 is 11.8 Å². The van der Waals surface area contributed by atoms with Gasteiger partial charge in [0.05, 0.1) is 17.6 Å². The SMILES string of the molecule is [C-]#[N+]CSc1c(OC)cccc1C(F)(F)F. The molecule has 0 saturated heterocycles. The van der Waals surface area contributed by atoms with E-state index in [9.17, 15) is 13.2 Å². The van der Waals surface area contributed by atoms with Gasteiger partial charge in [-0.05, 0) is 23.9 Å². The van der Waals surface area contributed by atoms with Gasteiger partial charge in [-0.3, -0.25) is 0 Å². The van der Waals surface area contributed by atoms with Crippen molar-refractivity contribution in [2.75, 3.05) is 13.0 Å². The zero-order chi connectivity index (χ0) is 12.2. The van der Waals surface area contributed by atoms with Crippen molar-refractivity contribution in [3.63, 3.8) is 0 Å². The lowest BCUT2D eigenvalue weighted by Gasteiger charge is -2.13. The van der Waals surface area contributed by atoms with E-state index in [1.807, 2.05) is 0 Å². The van der Waals surface area contributed by atoms with Gasteiger partial charge in [-0.15, -0.1) is 0 Å². The maximum Gasteiger partial charge on any atom is 0.417 e. The van der Waals surface area contributed by atoms with Crippen LogP contribution in [0.5, 0.6) is 5.75 Å². The van der Waals surface area contributed by atoms with Crippen LogP contribution in [0.3, 0.4) is 0 Å². The summed E-state index contributed by atoms with van der Waals surface area (Å²) in [6, 6.07) is 3.71. The van der Waals surface area contributed by atoms with Gasteiger partial charge in [-0.25, -0.2) is 6.57 Å². The highest BCUT2D eigenvalue weighted by atomic mass is 32.2. The molecule has 1 rings (SSSR count). The lowest BCUT2D eigenvalue weighted by molar-refractivity contribution is -0.139. The Kier molecular flexibility index (Phi) is 4.07. The fourth-order valence-corrected chi connectivity index (χ4v) is 1.97. The van der Waals surface area contributed by atoms with E-state index in [0.29, 0.717) is 0 Å². The molecule has 0 radical (unpaired) electrons. The Labute approximate surface area is 95.2 Å². The second kappa shape index (κ2) is 5.12. The van der Waals surface area contributed by atoms with Crippen LogP contribution in [0, 0.1) is 6.57 Å². The van der Waals surface area contributed by atoms with Gasteiger partial charge in [-0.1, -0.05) is 6.07 Å². The normalized spacial score (nSPS) is 10.9. The van der Waals surface area contributed by atoms with Gasteiger partial charge in [-0.2, -0.15) is 13.2 Å². The predicted molar refractivity (Wildman–Crippen MR) is 55.3 cm³/mol. The molecule has 0 fully saturated rings. The highest BCUT2D eigenvalue weighted by Crippen LogP contribution is 2.41. The Hall–Kier alpha value is -1.35. The molecular formula is C10H8F3NOS. The summed E-state index contributed by atoms with van der Waals surface area (Å²) >= 11 is 0.826. The minimum absolute atomic E-state index is 0.0338. The second-order valence-corrected chi connectivity index (χ2v) is 3.72. The zero-order valence-electron chi connectivity index (χ0n) is 8.34. The first kappa shape index (κ1) is 12.7. The van der Waals surface area contributed by atoms with Crippen LogP contribution in [0.2, 0.25) is 0 Å². The fraction of sp³-hybridized carbons (Fsp3) is 0.300. The summed E-state index contributed by atoms with van der Waals surface area (Å²) < 4.78 is 42.8. The van der Waals surface area contributed by atoms with Crippen molar-refractivity contribution in [3.8, 4) is 5.75 Å². The lowest BCUT2D eigenvalue weighted by atomic mass is 10.2. The molecule has 1 aromatic carbocycles. The van der Waals surface area contributed by atoms with Crippen molar-refractivity contribution in [3.05, 3.63) is 35.2 Å². The van der Waals surface area contributed by atoms with E-state index in [0.717, 1.165) is 17.8 Å². The van der Waals surface area contributed by atoms with Gasteiger partial charge in [0.1, 0.15) is 5.75 Å². The molecule has 0 aromatic heterocycles. The summed E-state index contributed by atoms with van der Waals surface area (Å²) in [7, 11) is 1.30. The van der Waals surface area contributed by atoms with Gasteiger partial charge in [0.15, 0.2) is 0 Å². The first-order chi connectivity index (χ1) is 7.50. The van der Waals surface area contributed by atoms with Crippen LogP contribution in [0.25, 0.3) is 4.85 Å². The second-order valence-electron chi connectivity index (χ2n) is 2.77. The number of benzene rings is 1. The predicted octanol–water partition coefficient (Wildman–Crippen LogP) is 3.68. The molecule has 86 valence electrons. The van der Waals surface area contributed by atoms with Crippen LogP contribution in [-0.4, -0.2) is 13.0 Å². The number of alkyl halides is 3. The van der Waals surface area contributed by atoms with E-state index < -0.39 is 11.7 Å². The summed E-state index contributed by atoms with van der Waals surface area (Å²) in [6.07, 6.45) is -4.43. The molecule has 6 heteroatoms. The van der Waals surface area contributed by atoms with Crippen LogP contribution in [0.1, 0.15) is 5.56 Å². The van der Waals surface area contributed by atoms with Crippen molar-refractivity contribution in [2.24, 2.45) is 0 Å². The van der Waals surface area contributed by atoms with Crippen LogP contribution in [-0.2, 0) is 6.18 Å². The van der Waals surface area contributed by atoms with E-state index >= 15 is 0 Å². The summed E-state index contributed by atoms with van der Waals surface area (Å²) in [5.74, 6) is 0.0761. The van der Waals surface area contributed by atoms with Crippen molar-refractivity contribution < 1.29 is 17.9 Å². The number of nitrogens with zero attached hydrogens (tertiary/aromatic N) is 1. The van der Waals surface area contributed by atoms with Gasteiger partial charge in [0, 0.05) is 0 Å². The van der Waals surface area contributed by atoms with Crippen molar-refractivity contribution >= 4 is 11.8 Å². The molecule has 0 N–H and O–H groups in total. The summed E-state index contributed by atoms with van der Waals surface area (Å²) in [5, 5.41) is 0. The summed E-state index contributed by atoms with van der Waals surface area (Å²) in [4.78, 5) is 2.99. The molecule has 0 saturated carbocycles. The molecule has 16 heavy (non-hydrogen) atoms. The van der Waals surface area contributed by atoms with Crippen molar-refractivity contribution in [1.82, 2.24) is 0 Å². The maximum absolute atomic E-state index is 12.6. The molecule has 1 aromatic rings. The largest absolute Gasteiger partial charge is 0.496 e. The van der Waals surface area contributed by atoms with Gasteiger partial charge >= 0.3 is 6.18 Å². The fourth-order valence-electron chi connectivity index (χ4n) is 1.15. The van der Waals surface area contributed by atoms with Gasteiger partial charge in [0.25, 0.3) is 5.88 Å². The number of methoxy groups -OCH3 is 1. The van der Waals surface area contributed by atoms with E-state index in [4.69, 9.17) is 11.3 Å². The maximum atomic E-state index is 12.6. The summed E-state index contributed by atoms with van der Waals surface area (Å²) in [6.45, 7) is 6.59. The Balaban J connectivity index is 3.22. The first-order valence-corrected chi connectivity index (χ1v) is 5.19. The van der Waals surface area contributed by atoms with E-state index in [1.165, 1.54) is 19.2 Å². The third-order valence-electron chi connectivity index (χ3n) is 1.78.